The van der Waals surface area contributed by atoms with Crippen LogP contribution in [0.15, 0.2) is 0 Å². The summed E-state index contributed by atoms with van der Waals surface area (Å²) in [4.78, 5) is 0. The van der Waals surface area contributed by atoms with Crippen molar-refractivity contribution in [1.82, 2.24) is 0 Å². The Labute approximate surface area is 276 Å². The van der Waals surface area contributed by atoms with Crippen molar-refractivity contribution < 1.29 is 117 Å². The minimum atomic E-state index is -5.27. The smallest absolute Gasteiger partial charge is 0.394 e. The van der Waals surface area contributed by atoms with E-state index in [4.69, 9.17) is 37.7 Å². The molecule has 0 aromatic rings. The molecule has 24 nitrogen and oxygen atoms in total. The predicted octanol–water partition coefficient (Wildman–Crippen LogP) is -9.92. The summed E-state index contributed by atoms with van der Waals surface area (Å²) in [5.74, 6) is 0. The Balaban J connectivity index is 1.56. The summed E-state index contributed by atoms with van der Waals surface area (Å²) in [7, 11) is -5.27. The zero-order valence-corrected chi connectivity index (χ0v) is 25.9. The second-order valence-corrected chi connectivity index (χ2v) is 12.7. The molecule has 0 amide bonds. The number of aliphatic hydroxyl groups excluding tert-OH is 13. The topological polar surface area (TPSA) is 391 Å². The maximum absolute atomic E-state index is 11.3. The summed E-state index contributed by atoms with van der Waals surface area (Å²) >= 11 is 0. The van der Waals surface area contributed by atoms with Crippen LogP contribution in [0, 0.1) is 0 Å². The van der Waals surface area contributed by atoms with Crippen LogP contribution >= 0.6 is 0 Å². The third-order valence-electron chi connectivity index (χ3n) is 8.37. The summed E-state index contributed by atoms with van der Waals surface area (Å²) < 4.78 is 73.5. The van der Waals surface area contributed by atoms with Crippen LogP contribution in [0.3, 0.4) is 0 Å². The van der Waals surface area contributed by atoms with E-state index in [0.29, 0.717) is 0 Å². The molecule has 14 N–H and O–H groups in total. The first-order valence-electron chi connectivity index (χ1n) is 14.8. The van der Waals surface area contributed by atoms with E-state index in [2.05, 4.69) is 4.18 Å². The van der Waals surface area contributed by atoms with Gasteiger partial charge in [0.1, 0.15) is 97.7 Å². The maximum Gasteiger partial charge on any atom is 0.397 e. The van der Waals surface area contributed by atoms with E-state index in [0.717, 1.165) is 0 Å². The molecule has 0 aromatic heterocycles. The lowest BCUT2D eigenvalue weighted by Gasteiger charge is -2.47. The summed E-state index contributed by atoms with van der Waals surface area (Å²) in [5, 5.41) is 133. The van der Waals surface area contributed by atoms with Gasteiger partial charge in [0.05, 0.1) is 26.4 Å². The molecule has 4 aliphatic rings. The van der Waals surface area contributed by atoms with Crippen molar-refractivity contribution in [2.24, 2.45) is 0 Å². The van der Waals surface area contributed by atoms with Crippen LogP contribution in [-0.2, 0) is 47.7 Å². The van der Waals surface area contributed by atoms with Gasteiger partial charge in [-0.1, -0.05) is 0 Å². The van der Waals surface area contributed by atoms with Crippen molar-refractivity contribution in [3.8, 4) is 0 Å². The van der Waals surface area contributed by atoms with E-state index in [1.54, 1.807) is 0 Å². The molecule has 0 aliphatic carbocycles. The van der Waals surface area contributed by atoms with Crippen LogP contribution in [0.4, 0.5) is 0 Å². The molecule has 4 fully saturated rings. The van der Waals surface area contributed by atoms with E-state index in [-0.39, 0.29) is 0 Å². The van der Waals surface area contributed by atoms with Gasteiger partial charge >= 0.3 is 10.4 Å². The largest absolute Gasteiger partial charge is 0.397 e. The van der Waals surface area contributed by atoms with Gasteiger partial charge in [-0.25, -0.2) is 4.18 Å². The molecule has 1 unspecified atom stereocenters. The molecule has 4 heterocycles. The van der Waals surface area contributed by atoms with E-state index in [1.165, 1.54) is 0 Å². The number of hydrogen-bond donors (Lipinski definition) is 14. The highest BCUT2D eigenvalue weighted by atomic mass is 32.3. The van der Waals surface area contributed by atoms with Gasteiger partial charge in [0.2, 0.25) is 0 Å². The van der Waals surface area contributed by atoms with Crippen LogP contribution in [0.2, 0.25) is 0 Å². The normalized spacial score (nSPS) is 48.8. The van der Waals surface area contributed by atoms with Crippen molar-refractivity contribution in [2.45, 2.75) is 123 Å². The predicted molar refractivity (Wildman–Crippen MR) is 144 cm³/mol. The van der Waals surface area contributed by atoms with Crippen LogP contribution in [-0.4, -0.2) is 229 Å². The van der Waals surface area contributed by atoms with Gasteiger partial charge in [0.25, 0.3) is 0 Å². The third kappa shape index (κ3) is 9.00. The molecule has 4 aliphatic heterocycles. The quantitative estimate of drug-likeness (QED) is 0.0778. The Morgan fingerprint density at radius 2 is 1.10 bits per heavy atom. The first-order valence-corrected chi connectivity index (χ1v) is 16.1. The van der Waals surface area contributed by atoms with Gasteiger partial charge in [-0.3, -0.25) is 4.55 Å². The second-order valence-electron chi connectivity index (χ2n) is 11.7. The Bertz CT molecular complexity index is 1150. The molecule has 4 rings (SSSR count). The molecule has 0 radical (unpaired) electrons. The Kier molecular flexibility index (Phi) is 14.0. The fourth-order valence-corrected chi connectivity index (χ4v) is 6.19. The number of aliphatic hydroxyl groups is 13. The Morgan fingerprint density at radius 1 is 0.571 bits per heavy atom. The molecular formula is C24H42O24S. The first-order chi connectivity index (χ1) is 22.9. The highest BCUT2D eigenvalue weighted by Crippen LogP contribution is 2.34. The van der Waals surface area contributed by atoms with E-state index in [9.17, 15) is 74.8 Å². The van der Waals surface area contributed by atoms with Gasteiger partial charge in [-0.2, -0.15) is 8.42 Å². The summed E-state index contributed by atoms with van der Waals surface area (Å²) in [6.45, 7) is -3.62. The van der Waals surface area contributed by atoms with Crippen molar-refractivity contribution in [2.75, 3.05) is 26.4 Å². The van der Waals surface area contributed by atoms with Gasteiger partial charge in [0.15, 0.2) is 25.2 Å². The zero-order chi connectivity index (χ0) is 36.5. The van der Waals surface area contributed by atoms with Crippen LogP contribution in [0.1, 0.15) is 0 Å². The molecular weight excluding hydrogens is 704 g/mol. The molecule has 4 saturated heterocycles. The number of hydrogen-bond acceptors (Lipinski definition) is 23. The fourth-order valence-electron chi connectivity index (χ4n) is 5.68. The summed E-state index contributed by atoms with van der Waals surface area (Å²) in [6, 6.07) is 0. The highest BCUT2D eigenvalue weighted by Gasteiger charge is 2.55. The molecule has 0 bridgehead atoms. The molecule has 0 aromatic carbocycles. The monoisotopic (exact) mass is 746 g/mol. The van der Waals surface area contributed by atoms with Crippen molar-refractivity contribution >= 4 is 10.4 Å². The van der Waals surface area contributed by atoms with Crippen LogP contribution < -0.4 is 0 Å². The summed E-state index contributed by atoms with van der Waals surface area (Å²) in [5.41, 5.74) is 0. The zero-order valence-electron chi connectivity index (χ0n) is 25.1. The molecule has 20 atom stereocenters. The molecule has 0 saturated carbocycles. The molecule has 0 spiro atoms. The third-order valence-corrected chi connectivity index (χ3v) is 8.83. The molecule has 25 heteroatoms. The number of rotatable bonds is 13. The molecule has 49 heavy (non-hydrogen) atoms. The van der Waals surface area contributed by atoms with Crippen LogP contribution in [0.25, 0.3) is 0 Å². The lowest BCUT2D eigenvalue weighted by atomic mass is 9.97. The van der Waals surface area contributed by atoms with Crippen molar-refractivity contribution in [3.63, 3.8) is 0 Å². The van der Waals surface area contributed by atoms with Gasteiger partial charge in [-0.15, -0.1) is 0 Å². The van der Waals surface area contributed by atoms with Gasteiger partial charge in [0, 0.05) is 0 Å². The lowest BCUT2D eigenvalue weighted by molar-refractivity contribution is -0.377. The summed E-state index contributed by atoms with van der Waals surface area (Å²) in [6.07, 6.45) is -38.1. The maximum atomic E-state index is 11.3. The van der Waals surface area contributed by atoms with Crippen molar-refractivity contribution in [3.05, 3.63) is 0 Å². The average molecular weight is 747 g/mol. The van der Waals surface area contributed by atoms with Gasteiger partial charge < -0.3 is 99.5 Å². The standard InChI is InChI=1S/C24H42O24S/c25-1-5(28)17-13(33)14(34)23(45-17)46-18-11(31)8(4-41-22-16(36)19(48-49(38,39)40)10(30)7(3-27)43-22)44-24(15(18)35)47-20-12(32)9(29)6(2-26)42-21(20)37/h5-37H,1-4H2,(H,38,39,40)/t5-,6-,7-,8-,9-,10+,11-,12+,13-,14-,15+,16-,17+,18+,19+,20-,21?,22-,23+,24-/m1/s1. The fraction of sp³-hybridized carbons (Fsp3) is 1.00. The Hall–Kier alpha value is -0.930. The Morgan fingerprint density at radius 3 is 1.69 bits per heavy atom. The minimum absolute atomic E-state index is 0.826. The molecule has 288 valence electrons. The van der Waals surface area contributed by atoms with Crippen LogP contribution in [0.5, 0.6) is 0 Å². The first kappa shape index (κ1) is 40.8. The van der Waals surface area contributed by atoms with E-state index in [1.807, 2.05) is 0 Å². The number of ether oxygens (including phenoxy) is 7. The highest BCUT2D eigenvalue weighted by molar-refractivity contribution is 7.80. The SMILES string of the molecule is O=S(=O)(O)O[C@H]1[C@@H](O)[C@@H](CO)O[C@@H](OC[C@H]2O[C@H](O[C@H]3C(O)O[C@H](CO)[C@@H](O)[C@@H]3O)[C@@H](O)[C@@H](O[C@@H]3O[C@@H]([C@H](O)CO)[C@H](O)[C@H]3O)[C@@H]2O)[C@@H]1O. The lowest BCUT2D eigenvalue weighted by Crippen LogP contribution is -2.65. The van der Waals surface area contributed by atoms with E-state index >= 15 is 0 Å². The second kappa shape index (κ2) is 16.8. The van der Waals surface area contributed by atoms with Crippen molar-refractivity contribution in [1.29, 1.82) is 0 Å². The van der Waals surface area contributed by atoms with E-state index < -0.39 is 160 Å². The van der Waals surface area contributed by atoms with Gasteiger partial charge in [-0.05, 0) is 0 Å². The average Bonchev–Trinajstić information content (AvgIpc) is 3.33. The minimum Gasteiger partial charge on any atom is -0.394 e.